The molecular formula is C18H24N2O2. The largest absolute Gasteiger partial charge is 0.352 e. The fourth-order valence-corrected chi connectivity index (χ4v) is 3.21. The Hall–Kier alpha value is -2.10. The molecule has 0 spiro atoms. The molecule has 22 heavy (non-hydrogen) atoms. The van der Waals surface area contributed by atoms with Crippen molar-refractivity contribution in [3.63, 3.8) is 0 Å². The number of piperidine rings is 1. The zero-order chi connectivity index (χ0) is 16.1. The molecule has 1 fully saturated rings. The van der Waals surface area contributed by atoms with Gasteiger partial charge in [0.2, 0.25) is 11.8 Å². The number of nitrogens with one attached hydrogen (secondary N) is 1. The van der Waals surface area contributed by atoms with Crippen LogP contribution in [0.4, 0.5) is 0 Å². The van der Waals surface area contributed by atoms with Crippen LogP contribution in [0.3, 0.4) is 0 Å². The van der Waals surface area contributed by atoms with Crippen LogP contribution in [-0.4, -0.2) is 29.8 Å². The van der Waals surface area contributed by atoms with E-state index in [0.29, 0.717) is 25.9 Å². The Balaban J connectivity index is 2.38. The van der Waals surface area contributed by atoms with Crippen molar-refractivity contribution in [3.8, 4) is 0 Å². The van der Waals surface area contributed by atoms with Crippen LogP contribution in [0.1, 0.15) is 36.9 Å². The van der Waals surface area contributed by atoms with E-state index < -0.39 is 0 Å². The number of hydrogen-bond acceptors (Lipinski definition) is 2. The molecule has 2 atom stereocenters. The molecule has 2 amide bonds. The minimum absolute atomic E-state index is 0.000830. The highest BCUT2D eigenvalue weighted by molar-refractivity contribution is 5.85. The topological polar surface area (TPSA) is 49.4 Å². The molecule has 1 N–H and O–H groups in total. The maximum absolute atomic E-state index is 12.5. The number of likely N-dealkylation sites (tertiary alicyclic amines) is 1. The van der Waals surface area contributed by atoms with Gasteiger partial charge >= 0.3 is 0 Å². The summed E-state index contributed by atoms with van der Waals surface area (Å²) in [5.74, 6) is -0.0821. The summed E-state index contributed by atoms with van der Waals surface area (Å²) in [7, 11) is 0. The van der Waals surface area contributed by atoms with Gasteiger partial charge in [-0.15, -0.1) is 6.58 Å². The van der Waals surface area contributed by atoms with Crippen molar-refractivity contribution in [1.29, 1.82) is 0 Å². The molecule has 1 aliphatic heterocycles. The molecule has 0 unspecified atom stereocenters. The van der Waals surface area contributed by atoms with E-state index >= 15 is 0 Å². The molecule has 0 bridgehead atoms. The first kappa shape index (κ1) is 16.3. The third kappa shape index (κ3) is 3.21. The summed E-state index contributed by atoms with van der Waals surface area (Å²) in [6.07, 6.45) is 2.70. The highest BCUT2D eigenvalue weighted by Gasteiger charge is 2.40. The molecule has 1 aromatic rings. The van der Waals surface area contributed by atoms with E-state index in [-0.39, 0.29) is 23.8 Å². The molecule has 2 rings (SSSR count). The minimum atomic E-state index is -0.210. The van der Waals surface area contributed by atoms with Crippen LogP contribution in [0.5, 0.6) is 0 Å². The fourth-order valence-electron chi connectivity index (χ4n) is 3.21. The first-order valence-electron chi connectivity index (χ1n) is 7.83. The van der Waals surface area contributed by atoms with E-state index in [1.807, 2.05) is 43.0 Å². The van der Waals surface area contributed by atoms with Crippen molar-refractivity contribution in [3.05, 3.63) is 48.0 Å². The number of carbonyl (C=O) groups is 2. The van der Waals surface area contributed by atoms with Gasteiger partial charge in [-0.2, -0.15) is 0 Å². The average molecular weight is 300 g/mol. The molecule has 4 nitrogen and oxygen atoms in total. The smallest absolute Gasteiger partial charge is 0.225 e. The molecule has 4 heteroatoms. The maximum atomic E-state index is 12.5. The number of carbonyl (C=O) groups excluding carboxylic acids is 2. The fraction of sp³-hybridized carbons (Fsp3) is 0.444. The Morgan fingerprint density at radius 1 is 1.45 bits per heavy atom. The average Bonchev–Trinajstić information content (AvgIpc) is 2.52. The molecule has 1 saturated heterocycles. The van der Waals surface area contributed by atoms with Gasteiger partial charge in [0.15, 0.2) is 0 Å². The van der Waals surface area contributed by atoms with E-state index in [1.54, 1.807) is 6.08 Å². The van der Waals surface area contributed by atoms with E-state index in [0.717, 1.165) is 11.1 Å². The predicted molar refractivity (Wildman–Crippen MR) is 87.2 cm³/mol. The van der Waals surface area contributed by atoms with Gasteiger partial charge in [-0.3, -0.25) is 9.59 Å². The van der Waals surface area contributed by atoms with Gasteiger partial charge in [-0.25, -0.2) is 0 Å². The minimum Gasteiger partial charge on any atom is -0.352 e. The molecule has 0 radical (unpaired) electrons. The van der Waals surface area contributed by atoms with Crippen molar-refractivity contribution in [1.82, 2.24) is 10.2 Å². The molecule has 1 aliphatic rings. The maximum Gasteiger partial charge on any atom is 0.225 e. The van der Waals surface area contributed by atoms with Crippen molar-refractivity contribution in [2.45, 2.75) is 32.7 Å². The Morgan fingerprint density at radius 2 is 2.18 bits per heavy atom. The summed E-state index contributed by atoms with van der Waals surface area (Å²) >= 11 is 0. The highest BCUT2D eigenvalue weighted by atomic mass is 16.2. The normalized spacial score (nSPS) is 21.5. The molecule has 1 aromatic carbocycles. The summed E-state index contributed by atoms with van der Waals surface area (Å²) in [4.78, 5) is 26.6. The lowest BCUT2D eigenvalue weighted by atomic mass is 9.82. The number of amides is 2. The van der Waals surface area contributed by atoms with Crippen LogP contribution >= 0.6 is 0 Å². The number of benzene rings is 1. The Morgan fingerprint density at radius 3 is 2.82 bits per heavy atom. The molecular weight excluding hydrogens is 276 g/mol. The van der Waals surface area contributed by atoms with Crippen LogP contribution in [0.2, 0.25) is 0 Å². The summed E-state index contributed by atoms with van der Waals surface area (Å²) in [6.45, 7) is 8.70. The molecule has 118 valence electrons. The lowest BCUT2D eigenvalue weighted by Gasteiger charge is -2.41. The van der Waals surface area contributed by atoms with Gasteiger partial charge in [0.1, 0.15) is 0 Å². The van der Waals surface area contributed by atoms with Crippen LogP contribution in [0, 0.1) is 12.8 Å². The lowest BCUT2D eigenvalue weighted by Crippen LogP contribution is -2.48. The standard InChI is InChI=1S/C18H24N2O2/c1-4-12-19-18(22)15-10-11-16(21)20(5-2)17(15)14-9-7-6-8-13(14)3/h4,6-9,15,17H,1,5,10-12H2,2-3H3,(H,19,22)/t15-,17+/m1/s1. The third-order valence-electron chi connectivity index (χ3n) is 4.31. The summed E-state index contributed by atoms with van der Waals surface area (Å²) < 4.78 is 0. The first-order chi connectivity index (χ1) is 10.6. The second-order valence-corrected chi connectivity index (χ2v) is 5.66. The van der Waals surface area contributed by atoms with Crippen molar-refractivity contribution < 1.29 is 9.59 Å². The summed E-state index contributed by atoms with van der Waals surface area (Å²) in [5.41, 5.74) is 2.18. The Labute approximate surface area is 132 Å². The first-order valence-corrected chi connectivity index (χ1v) is 7.83. The Bertz CT molecular complexity index is 568. The highest BCUT2D eigenvalue weighted by Crippen LogP contribution is 2.37. The second kappa shape index (κ2) is 7.25. The molecule has 0 saturated carbocycles. The Kier molecular flexibility index (Phi) is 5.36. The lowest BCUT2D eigenvalue weighted by molar-refractivity contribution is -0.143. The van der Waals surface area contributed by atoms with Crippen LogP contribution < -0.4 is 5.32 Å². The van der Waals surface area contributed by atoms with Crippen LogP contribution in [-0.2, 0) is 9.59 Å². The predicted octanol–water partition coefficient (Wildman–Crippen LogP) is 2.60. The number of aryl methyl sites for hydroxylation is 1. The van der Waals surface area contributed by atoms with E-state index in [2.05, 4.69) is 11.9 Å². The van der Waals surface area contributed by atoms with E-state index in [1.165, 1.54) is 0 Å². The van der Waals surface area contributed by atoms with Crippen LogP contribution in [0.25, 0.3) is 0 Å². The SMILES string of the molecule is C=CCNC(=O)[C@@H]1CCC(=O)N(CC)[C@H]1c1ccccc1C. The quantitative estimate of drug-likeness (QED) is 0.850. The summed E-state index contributed by atoms with van der Waals surface area (Å²) in [6, 6.07) is 7.81. The van der Waals surface area contributed by atoms with Crippen molar-refractivity contribution in [2.24, 2.45) is 5.92 Å². The molecule has 1 heterocycles. The monoisotopic (exact) mass is 300 g/mol. The zero-order valence-corrected chi connectivity index (χ0v) is 13.3. The van der Waals surface area contributed by atoms with Gasteiger partial charge in [-0.1, -0.05) is 30.3 Å². The number of rotatable bonds is 5. The zero-order valence-electron chi connectivity index (χ0n) is 13.3. The van der Waals surface area contributed by atoms with Gasteiger partial charge < -0.3 is 10.2 Å². The second-order valence-electron chi connectivity index (χ2n) is 5.66. The number of nitrogens with zero attached hydrogens (tertiary/aromatic N) is 1. The van der Waals surface area contributed by atoms with Gasteiger partial charge in [-0.05, 0) is 31.4 Å². The van der Waals surface area contributed by atoms with Crippen molar-refractivity contribution >= 4 is 11.8 Å². The van der Waals surface area contributed by atoms with Gasteiger partial charge in [0.05, 0.1) is 12.0 Å². The number of hydrogen-bond donors (Lipinski definition) is 1. The molecule has 0 aliphatic carbocycles. The molecule has 0 aromatic heterocycles. The van der Waals surface area contributed by atoms with Gasteiger partial charge in [0.25, 0.3) is 0 Å². The van der Waals surface area contributed by atoms with Gasteiger partial charge in [0, 0.05) is 19.5 Å². The third-order valence-corrected chi connectivity index (χ3v) is 4.31. The van der Waals surface area contributed by atoms with Crippen molar-refractivity contribution in [2.75, 3.05) is 13.1 Å². The summed E-state index contributed by atoms with van der Waals surface area (Å²) in [5, 5.41) is 2.89. The van der Waals surface area contributed by atoms with E-state index in [9.17, 15) is 9.59 Å². The van der Waals surface area contributed by atoms with E-state index in [4.69, 9.17) is 0 Å². The van der Waals surface area contributed by atoms with Crippen LogP contribution in [0.15, 0.2) is 36.9 Å².